The molecule has 0 bridgehead atoms. The van der Waals surface area contributed by atoms with E-state index in [0.29, 0.717) is 0 Å². The van der Waals surface area contributed by atoms with Crippen LogP contribution in [0.5, 0.6) is 0 Å². The van der Waals surface area contributed by atoms with Gasteiger partial charge in [-0.15, -0.1) is 0 Å². The lowest BCUT2D eigenvalue weighted by atomic mass is 10.2. The first-order valence-corrected chi connectivity index (χ1v) is 4.49. The van der Waals surface area contributed by atoms with E-state index in [0.717, 1.165) is 31.6 Å². The number of amides is 1. The highest BCUT2D eigenvalue weighted by Gasteiger charge is 2.17. The number of nitrogens with zero attached hydrogens (tertiary/aromatic N) is 2. The van der Waals surface area contributed by atoms with Gasteiger partial charge < -0.3 is 4.90 Å². The summed E-state index contributed by atoms with van der Waals surface area (Å²) in [6, 6.07) is 0. The van der Waals surface area contributed by atoms with Gasteiger partial charge in [-0.3, -0.25) is 9.79 Å². The maximum Gasteiger partial charge on any atom is 0.224 e. The van der Waals surface area contributed by atoms with E-state index in [1.165, 1.54) is 6.42 Å². The second kappa shape index (κ2) is 4.24. The van der Waals surface area contributed by atoms with Gasteiger partial charge in [-0.05, 0) is 12.8 Å². The Labute approximate surface area is 73.5 Å². The van der Waals surface area contributed by atoms with Gasteiger partial charge in [-0.2, -0.15) is 0 Å². The zero-order valence-corrected chi connectivity index (χ0v) is 7.84. The fraction of sp³-hybridized carbons (Fsp3) is 0.778. The number of aliphatic imine (C=N–C) groups is 1. The SMILES string of the molecule is CN=C1CCCCCN1C(C)=O. The molecule has 0 unspecified atom stereocenters. The summed E-state index contributed by atoms with van der Waals surface area (Å²) in [5.74, 6) is 1.08. The summed E-state index contributed by atoms with van der Waals surface area (Å²) < 4.78 is 0. The molecular formula is C9H16N2O. The highest BCUT2D eigenvalue weighted by molar-refractivity contribution is 5.97. The Balaban J connectivity index is 2.71. The first kappa shape index (κ1) is 9.23. The summed E-state index contributed by atoms with van der Waals surface area (Å²) in [7, 11) is 1.76. The van der Waals surface area contributed by atoms with Gasteiger partial charge >= 0.3 is 0 Å². The Morgan fingerprint density at radius 2 is 2.17 bits per heavy atom. The third-order valence-corrected chi connectivity index (χ3v) is 2.23. The van der Waals surface area contributed by atoms with Crippen LogP contribution in [0.25, 0.3) is 0 Å². The molecule has 0 radical (unpaired) electrons. The van der Waals surface area contributed by atoms with Gasteiger partial charge in [0.15, 0.2) is 0 Å². The number of likely N-dealkylation sites (tertiary alicyclic amines) is 1. The van der Waals surface area contributed by atoms with E-state index in [1.54, 1.807) is 18.9 Å². The topological polar surface area (TPSA) is 32.7 Å². The molecule has 68 valence electrons. The monoisotopic (exact) mass is 168 g/mol. The van der Waals surface area contributed by atoms with Crippen LogP contribution in [0, 0.1) is 0 Å². The van der Waals surface area contributed by atoms with Crippen LogP contribution in [-0.4, -0.2) is 30.2 Å². The quantitative estimate of drug-likeness (QED) is 0.538. The number of hydrogen-bond acceptors (Lipinski definition) is 2. The van der Waals surface area contributed by atoms with E-state index in [-0.39, 0.29) is 5.91 Å². The van der Waals surface area contributed by atoms with Gasteiger partial charge in [0.05, 0.1) is 0 Å². The van der Waals surface area contributed by atoms with E-state index in [4.69, 9.17) is 0 Å². The van der Waals surface area contributed by atoms with Crippen molar-refractivity contribution in [2.45, 2.75) is 32.6 Å². The minimum atomic E-state index is 0.123. The summed E-state index contributed by atoms with van der Waals surface area (Å²) in [6.45, 7) is 2.46. The Morgan fingerprint density at radius 3 is 2.75 bits per heavy atom. The molecule has 0 spiro atoms. The Hall–Kier alpha value is -0.860. The second-order valence-electron chi connectivity index (χ2n) is 3.12. The third-order valence-electron chi connectivity index (χ3n) is 2.23. The summed E-state index contributed by atoms with van der Waals surface area (Å²) in [5.41, 5.74) is 0. The molecule has 0 aliphatic carbocycles. The van der Waals surface area contributed by atoms with Crippen LogP contribution in [0.1, 0.15) is 32.6 Å². The number of rotatable bonds is 0. The van der Waals surface area contributed by atoms with Crippen molar-refractivity contribution in [2.75, 3.05) is 13.6 Å². The standard InChI is InChI=1S/C9H16N2O/c1-8(12)11-7-5-3-4-6-9(11)10-2/h3-7H2,1-2H3. The van der Waals surface area contributed by atoms with Crippen LogP contribution in [0.3, 0.4) is 0 Å². The predicted octanol–water partition coefficient (Wildman–Crippen LogP) is 1.44. The van der Waals surface area contributed by atoms with Gasteiger partial charge in [0, 0.05) is 26.9 Å². The molecule has 0 aromatic carbocycles. The minimum absolute atomic E-state index is 0.123. The molecule has 1 rings (SSSR count). The summed E-state index contributed by atoms with van der Waals surface area (Å²) in [6.07, 6.45) is 4.44. The number of carbonyl (C=O) groups excluding carboxylic acids is 1. The van der Waals surface area contributed by atoms with Gasteiger partial charge in [0.2, 0.25) is 5.91 Å². The molecule has 1 fully saturated rings. The molecule has 0 N–H and O–H groups in total. The van der Waals surface area contributed by atoms with Crippen LogP contribution in [0.15, 0.2) is 4.99 Å². The lowest BCUT2D eigenvalue weighted by Crippen LogP contribution is -2.34. The van der Waals surface area contributed by atoms with Crippen molar-refractivity contribution in [3.05, 3.63) is 0 Å². The molecule has 0 aromatic rings. The van der Waals surface area contributed by atoms with Crippen LogP contribution in [0.4, 0.5) is 0 Å². The normalized spacial score (nSPS) is 22.5. The molecule has 1 amide bonds. The Morgan fingerprint density at radius 1 is 1.42 bits per heavy atom. The van der Waals surface area contributed by atoms with Crippen molar-refractivity contribution >= 4 is 11.7 Å². The smallest absolute Gasteiger partial charge is 0.224 e. The van der Waals surface area contributed by atoms with Crippen LogP contribution in [0.2, 0.25) is 0 Å². The average molecular weight is 168 g/mol. The summed E-state index contributed by atoms with van der Waals surface area (Å²) in [5, 5.41) is 0. The molecule has 1 saturated heterocycles. The molecule has 0 aromatic heterocycles. The van der Waals surface area contributed by atoms with E-state index in [1.807, 2.05) is 0 Å². The molecular weight excluding hydrogens is 152 g/mol. The van der Waals surface area contributed by atoms with Gasteiger partial charge in [-0.1, -0.05) is 6.42 Å². The van der Waals surface area contributed by atoms with Crippen molar-refractivity contribution in [1.29, 1.82) is 0 Å². The first-order chi connectivity index (χ1) is 5.75. The highest BCUT2D eigenvalue weighted by atomic mass is 16.2. The Kier molecular flexibility index (Phi) is 3.26. The van der Waals surface area contributed by atoms with Crippen molar-refractivity contribution < 1.29 is 4.79 Å². The van der Waals surface area contributed by atoms with Crippen molar-refractivity contribution in [1.82, 2.24) is 4.90 Å². The molecule has 1 heterocycles. The van der Waals surface area contributed by atoms with E-state index < -0.39 is 0 Å². The summed E-state index contributed by atoms with van der Waals surface area (Å²) in [4.78, 5) is 17.1. The van der Waals surface area contributed by atoms with E-state index >= 15 is 0 Å². The second-order valence-corrected chi connectivity index (χ2v) is 3.12. The first-order valence-electron chi connectivity index (χ1n) is 4.49. The lowest BCUT2D eigenvalue weighted by Gasteiger charge is -2.19. The Bertz CT molecular complexity index is 199. The summed E-state index contributed by atoms with van der Waals surface area (Å²) >= 11 is 0. The maximum absolute atomic E-state index is 11.2. The molecule has 1 aliphatic heterocycles. The molecule has 12 heavy (non-hydrogen) atoms. The van der Waals surface area contributed by atoms with E-state index in [9.17, 15) is 4.79 Å². The molecule has 3 heteroatoms. The largest absolute Gasteiger partial charge is 0.301 e. The predicted molar refractivity (Wildman–Crippen MR) is 49.2 cm³/mol. The van der Waals surface area contributed by atoms with Gasteiger partial charge in [0.1, 0.15) is 5.84 Å². The number of amidine groups is 1. The molecule has 1 aliphatic rings. The molecule has 0 atom stereocenters. The zero-order valence-electron chi connectivity index (χ0n) is 7.84. The van der Waals surface area contributed by atoms with Gasteiger partial charge in [0.25, 0.3) is 0 Å². The van der Waals surface area contributed by atoms with Crippen LogP contribution < -0.4 is 0 Å². The molecule has 3 nitrogen and oxygen atoms in total. The maximum atomic E-state index is 11.2. The third kappa shape index (κ3) is 2.06. The minimum Gasteiger partial charge on any atom is -0.301 e. The van der Waals surface area contributed by atoms with Crippen molar-refractivity contribution in [3.63, 3.8) is 0 Å². The average Bonchev–Trinajstić information content (AvgIpc) is 2.27. The molecule has 0 saturated carbocycles. The number of hydrogen-bond donors (Lipinski definition) is 0. The zero-order chi connectivity index (χ0) is 8.97. The fourth-order valence-electron chi connectivity index (χ4n) is 1.57. The van der Waals surface area contributed by atoms with Crippen molar-refractivity contribution in [2.24, 2.45) is 4.99 Å². The van der Waals surface area contributed by atoms with Crippen LogP contribution in [-0.2, 0) is 4.79 Å². The highest BCUT2D eigenvalue weighted by Crippen LogP contribution is 2.12. The van der Waals surface area contributed by atoms with Crippen molar-refractivity contribution in [3.8, 4) is 0 Å². The van der Waals surface area contributed by atoms with Crippen LogP contribution >= 0.6 is 0 Å². The van der Waals surface area contributed by atoms with E-state index in [2.05, 4.69) is 4.99 Å². The number of carbonyl (C=O) groups is 1. The lowest BCUT2D eigenvalue weighted by molar-refractivity contribution is -0.125. The van der Waals surface area contributed by atoms with Gasteiger partial charge in [-0.25, -0.2) is 0 Å². The fourth-order valence-corrected chi connectivity index (χ4v) is 1.57.